The summed E-state index contributed by atoms with van der Waals surface area (Å²) in [6.45, 7) is 6.48. The lowest BCUT2D eigenvalue weighted by atomic mass is 9.77. The molecule has 6 heteroatoms. The van der Waals surface area contributed by atoms with E-state index in [0.717, 1.165) is 15.9 Å². The topological polar surface area (TPSA) is 66.8 Å². The molecule has 0 aromatic heterocycles. The maximum atomic E-state index is 14.2. The molecule has 3 atom stereocenters. The summed E-state index contributed by atoms with van der Waals surface area (Å²) in [4.78, 5) is 29.6. The molecule has 1 heterocycles. The molecule has 0 aliphatic carbocycles. The summed E-state index contributed by atoms with van der Waals surface area (Å²) in [7, 11) is 0. The second-order valence-electron chi connectivity index (χ2n) is 9.60. The minimum Gasteiger partial charge on any atom is -0.457 e. The zero-order valence-electron chi connectivity index (χ0n) is 21.5. The molecule has 3 aromatic rings. The van der Waals surface area contributed by atoms with Gasteiger partial charge in [0.15, 0.2) is 0 Å². The van der Waals surface area contributed by atoms with Crippen LogP contribution >= 0.6 is 6.89 Å². The van der Waals surface area contributed by atoms with Gasteiger partial charge in [0.1, 0.15) is 12.0 Å². The van der Waals surface area contributed by atoms with Crippen LogP contribution in [0.15, 0.2) is 104 Å². The number of carbonyl (C=O) groups is 2. The van der Waals surface area contributed by atoms with Crippen molar-refractivity contribution in [2.45, 2.75) is 32.9 Å². The molecule has 1 fully saturated rings. The van der Waals surface area contributed by atoms with Gasteiger partial charge in [-0.2, -0.15) is 0 Å². The van der Waals surface area contributed by atoms with Gasteiger partial charge >= 0.3 is 5.97 Å². The Hall–Kier alpha value is -3.40. The summed E-state index contributed by atoms with van der Waals surface area (Å²) in [5, 5.41) is 13.3. The number of nitrogens with zero attached hydrogens (tertiary/aromatic N) is 1. The number of ether oxygens (including phenoxy) is 1. The number of aliphatic hydroxyl groups is 1. The molecule has 1 aliphatic rings. The van der Waals surface area contributed by atoms with Gasteiger partial charge in [0.2, 0.25) is 5.91 Å². The van der Waals surface area contributed by atoms with E-state index in [1.165, 1.54) is 6.08 Å². The summed E-state index contributed by atoms with van der Waals surface area (Å²) >= 11 is 0. The Bertz CT molecular complexity index is 1200. The molecule has 0 unspecified atom stereocenters. The number of hydrogen-bond donors (Lipinski definition) is 1. The highest BCUT2D eigenvalue weighted by molar-refractivity contribution is 7.96. The molecule has 3 aromatic carbocycles. The molecule has 0 spiro atoms. The van der Waals surface area contributed by atoms with E-state index in [4.69, 9.17) is 4.74 Å². The first-order valence-corrected chi connectivity index (χ1v) is 14.4. The van der Waals surface area contributed by atoms with Crippen LogP contribution in [0, 0.1) is 11.8 Å². The first-order valence-electron chi connectivity index (χ1n) is 12.6. The van der Waals surface area contributed by atoms with Gasteiger partial charge < -0.3 is 14.7 Å². The van der Waals surface area contributed by atoms with Crippen molar-refractivity contribution in [1.29, 1.82) is 0 Å². The number of rotatable bonds is 9. The number of hydrogen-bond acceptors (Lipinski definition) is 4. The van der Waals surface area contributed by atoms with Crippen LogP contribution in [0.25, 0.3) is 0 Å². The van der Waals surface area contributed by atoms with Crippen molar-refractivity contribution in [3.63, 3.8) is 0 Å². The molecule has 1 amide bonds. The van der Waals surface area contributed by atoms with Gasteiger partial charge in [-0.05, 0) is 28.8 Å². The Morgan fingerprint density at radius 3 is 1.70 bits per heavy atom. The summed E-state index contributed by atoms with van der Waals surface area (Å²) < 4.78 is 5.73. The van der Waals surface area contributed by atoms with E-state index >= 15 is 0 Å². The minimum absolute atomic E-state index is 0.00345. The molecule has 4 rings (SSSR count). The van der Waals surface area contributed by atoms with Crippen LogP contribution in [0.5, 0.6) is 0 Å². The second-order valence-corrected chi connectivity index (χ2v) is 12.9. The van der Waals surface area contributed by atoms with E-state index < -0.39 is 24.9 Å². The predicted molar refractivity (Wildman–Crippen MR) is 152 cm³/mol. The van der Waals surface area contributed by atoms with Crippen LogP contribution in [0.1, 0.15) is 20.8 Å². The monoisotopic (exact) mass is 515 g/mol. The summed E-state index contributed by atoms with van der Waals surface area (Å²) in [5.74, 6) is -1.39. The Kier molecular flexibility index (Phi) is 8.16. The van der Waals surface area contributed by atoms with Crippen LogP contribution in [0.2, 0.25) is 0 Å². The van der Waals surface area contributed by atoms with E-state index in [1.807, 2.05) is 105 Å². The minimum atomic E-state index is -2.92. The number of carbonyl (C=O) groups excluding carboxylic acids is 2. The number of aliphatic hydroxyl groups excluding tert-OH is 1. The molecule has 5 nitrogen and oxygen atoms in total. The lowest BCUT2D eigenvalue weighted by Gasteiger charge is -2.52. The first kappa shape index (κ1) is 26.7. The Morgan fingerprint density at radius 1 is 0.919 bits per heavy atom. The molecular formula is C31H34NO4P. The predicted octanol–water partition coefficient (Wildman–Crippen LogP) is 3.70. The van der Waals surface area contributed by atoms with Gasteiger partial charge in [-0.15, -0.1) is 0 Å². The van der Waals surface area contributed by atoms with Crippen molar-refractivity contribution in [1.82, 2.24) is 4.90 Å². The lowest BCUT2D eigenvalue weighted by molar-refractivity contribution is -0.160. The third kappa shape index (κ3) is 4.70. The highest BCUT2D eigenvalue weighted by Gasteiger charge is 2.56. The van der Waals surface area contributed by atoms with E-state index in [0.29, 0.717) is 5.42 Å². The zero-order chi connectivity index (χ0) is 26.6. The molecule has 0 saturated carbocycles. The fourth-order valence-electron chi connectivity index (χ4n) is 5.35. The largest absolute Gasteiger partial charge is 0.457 e. The van der Waals surface area contributed by atoms with E-state index in [1.54, 1.807) is 11.8 Å². The number of esters is 1. The van der Waals surface area contributed by atoms with Crippen molar-refractivity contribution in [2.75, 3.05) is 6.61 Å². The van der Waals surface area contributed by atoms with E-state index in [2.05, 4.69) is 6.58 Å². The molecule has 1 saturated heterocycles. The van der Waals surface area contributed by atoms with Crippen LogP contribution < -0.4 is 15.9 Å². The molecule has 1 N–H and O–H groups in total. The van der Waals surface area contributed by atoms with Crippen molar-refractivity contribution in [3.05, 3.63) is 104 Å². The third-order valence-electron chi connectivity index (χ3n) is 6.88. The van der Waals surface area contributed by atoms with Gasteiger partial charge in [0.25, 0.3) is 0 Å². The average molecular weight is 516 g/mol. The summed E-state index contributed by atoms with van der Waals surface area (Å²) in [6, 6.07) is 29.4. The highest BCUT2D eigenvalue weighted by atomic mass is 31.2. The van der Waals surface area contributed by atoms with E-state index in [-0.39, 0.29) is 24.5 Å². The number of likely N-dealkylation sites (tertiary alicyclic amines) is 1. The number of β-lactam (4-membered cyclic amide) rings is 1. The number of benzene rings is 3. The quantitative estimate of drug-likeness (QED) is 0.204. The Morgan fingerprint density at radius 2 is 1.35 bits per heavy atom. The van der Waals surface area contributed by atoms with Gasteiger partial charge in [-0.1, -0.05) is 117 Å². The fourth-order valence-corrected chi connectivity index (χ4v) is 9.73. The summed E-state index contributed by atoms with van der Waals surface area (Å²) in [5.41, 5.74) is 0.332. The second kappa shape index (κ2) is 11.3. The Balaban J connectivity index is 2.22. The van der Waals surface area contributed by atoms with Crippen LogP contribution in [-0.4, -0.2) is 46.1 Å². The van der Waals surface area contributed by atoms with Crippen LogP contribution in [0.3, 0.4) is 0 Å². The molecule has 37 heavy (non-hydrogen) atoms. The third-order valence-corrected chi connectivity index (χ3v) is 11.1. The number of amides is 1. The van der Waals surface area contributed by atoms with Crippen molar-refractivity contribution < 1.29 is 19.4 Å². The molecule has 1 aliphatic heterocycles. The lowest BCUT2D eigenvalue weighted by Crippen LogP contribution is -2.69. The van der Waals surface area contributed by atoms with Gasteiger partial charge in [-0.25, -0.2) is 4.79 Å². The molecule has 0 radical (unpaired) electrons. The van der Waals surface area contributed by atoms with E-state index in [9.17, 15) is 14.7 Å². The van der Waals surface area contributed by atoms with Gasteiger partial charge in [0.05, 0.1) is 18.1 Å². The highest BCUT2D eigenvalue weighted by Crippen LogP contribution is 2.50. The summed E-state index contributed by atoms with van der Waals surface area (Å²) in [6.07, 6.45) is 0.694. The smallest absolute Gasteiger partial charge is 0.356 e. The van der Waals surface area contributed by atoms with Crippen molar-refractivity contribution in [2.24, 2.45) is 11.8 Å². The van der Waals surface area contributed by atoms with Gasteiger partial charge in [-0.3, -0.25) is 4.79 Å². The van der Waals surface area contributed by atoms with Crippen LogP contribution in [0.4, 0.5) is 0 Å². The normalized spacial score (nSPS) is 18.2. The first-order chi connectivity index (χ1) is 17.9. The maximum absolute atomic E-state index is 14.2. The molecular weight excluding hydrogens is 481 g/mol. The van der Waals surface area contributed by atoms with Crippen molar-refractivity contribution >= 4 is 40.1 Å². The van der Waals surface area contributed by atoms with Crippen LogP contribution in [-0.2, 0) is 14.3 Å². The molecule has 0 bridgehead atoms. The standard InChI is InChI=1S/C31H34NO4P/c1-5-21-36-31(35)30(32-28(22(2)3)27(23(4)33)29(32)34)37(24-15-9-6-10-16-24,25-17-11-7-12-18-25)26-19-13-8-14-20-26/h5-20,22-23,27-28,33H,1,21H2,2-4H3/t23-,27-,28-/m1/s1. The average Bonchev–Trinajstić information content (AvgIpc) is 2.91. The van der Waals surface area contributed by atoms with Crippen molar-refractivity contribution in [3.8, 4) is 0 Å². The maximum Gasteiger partial charge on any atom is 0.356 e. The fraction of sp³-hybridized carbons (Fsp3) is 0.258. The zero-order valence-corrected chi connectivity index (χ0v) is 22.4. The van der Waals surface area contributed by atoms with Gasteiger partial charge in [0, 0.05) is 6.89 Å². The molecule has 192 valence electrons. The Labute approximate surface area is 219 Å². The SMILES string of the molecule is C=CCOC(=O)C(N1C(=O)[C@H]([C@@H](C)O)[C@H]1C(C)C)=P(c1ccccc1)(c1ccccc1)c1ccccc1.